The molecule has 3 nitrogen and oxygen atoms in total. The first kappa shape index (κ1) is 12.5. The Morgan fingerprint density at radius 1 is 1.40 bits per heavy atom. The van der Waals surface area contributed by atoms with Gasteiger partial charge in [-0.2, -0.15) is 0 Å². The van der Waals surface area contributed by atoms with E-state index in [1.807, 2.05) is 0 Å². The van der Waals surface area contributed by atoms with E-state index in [0.29, 0.717) is 0 Å². The molecule has 0 spiro atoms. The summed E-state index contributed by atoms with van der Waals surface area (Å²) >= 11 is 0. The van der Waals surface area contributed by atoms with Crippen molar-refractivity contribution in [3.63, 3.8) is 0 Å². The Balaban J connectivity index is 2.02. The van der Waals surface area contributed by atoms with Crippen molar-refractivity contribution in [1.29, 1.82) is 0 Å². The van der Waals surface area contributed by atoms with Gasteiger partial charge in [-0.3, -0.25) is 4.79 Å². The van der Waals surface area contributed by atoms with E-state index >= 15 is 0 Å². The molecule has 1 rings (SSSR count). The van der Waals surface area contributed by atoms with E-state index in [2.05, 4.69) is 17.6 Å². The largest absolute Gasteiger partial charge is 0.356 e. The van der Waals surface area contributed by atoms with E-state index in [9.17, 15) is 4.79 Å². The molecule has 0 aromatic carbocycles. The molecule has 2 N–H and O–H groups in total. The van der Waals surface area contributed by atoms with Crippen molar-refractivity contribution in [1.82, 2.24) is 10.6 Å². The van der Waals surface area contributed by atoms with Gasteiger partial charge in [0.05, 0.1) is 5.92 Å². The highest BCUT2D eigenvalue weighted by molar-refractivity contribution is 5.78. The number of piperidine rings is 1. The molecule has 0 bridgehead atoms. The van der Waals surface area contributed by atoms with Gasteiger partial charge in [-0.15, -0.1) is 0 Å². The maximum atomic E-state index is 11.7. The van der Waals surface area contributed by atoms with Crippen molar-refractivity contribution >= 4 is 5.91 Å². The van der Waals surface area contributed by atoms with Crippen molar-refractivity contribution in [3.05, 3.63) is 0 Å². The number of hydrogen-bond donors (Lipinski definition) is 2. The first-order chi connectivity index (χ1) is 7.34. The van der Waals surface area contributed by atoms with E-state index in [1.165, 1.54) is 19.3 Å². The van der Waals surface area contributed by atoms with Gasteiger partial charge in [0.25, 0.3) is 0 Å². The van der Waals surface area contributed by atoms with Crippen LogP contribution in [0.2, 0.25) is 0 Å². The first-order valence-corrected chi connectivity index (χ1v) is 6.33. The van der Waals surface area contributed by atoms with E-state index in [0.717, 1.165) is 38.9 Å². The first-order valence-electron chi connectivity index (χ1n) is 6.33. The second-order valence-electron chi connectivity index (χ2n) is 4.39. The highest BCUT2D eigenvalue weighted by Crippen LogP contribution is 2.09. The molecule has 1 atom stereocenters. The average molecular weight is 212 g/mol. The lowest BCUT2D eigenvalue weighted by atomic mass is 9.99. The molecule has 1 heterocycles. The van der Waals surface area contributed by atoms with E-state index < -0.39 is 0 Å². The normalized spacial score (nSPS) is 21.3. The van der Waals surface area contributed by atoms with Gasteiger partial charge < -0.3 is 10.6 Å². The minimum atomic E-state index is 0.213. The Hall–Kier alpha value is -0.570. The third kappa shape index (κ3) is 5.17. The Morgan fingerprint density at radius 3 is 2.93 bits per heavy atom. The summed E-state index contributed by atoms with van der Waals surface area (Å²) in [5.74, 6) is 0.462. The van der Waals surface area contributed by atoms with Gasteiger partial charge in [-0.1, -0.05) is 26.2 Å². The smallest absolute Gasteiger partial charge is 0.224 e. The van der Waals surface area contributed by atoms with Crippen molar-refractivity contribution < 1.29 is 4.79 Å². The van der Waals surface area contributed by atoms with Crippen molar-refractivity contribution in [2.75, 3.05) is 19.6 Å². The molecule has 88 valence electrons. The number of carbonyl (C=O) groups is 1. The Labute approximate surface area is 93.0 Å². The van der Waals surface area contributed by atoms with Crippen molar-refractivity contribution in [3.8, 4) is 0 Å². The highest BCUT2D eigenvalue weighted by Gasteiger charge is 2.19. The number of rotatable bonds is 6. The van der Waals surface area contributed by atoms with E-state index in [1.54, 1.807) is 0 Å². The quantitative estimate of drug-likeness (QED) is 0.658. The Morgan fingerprint density at radius 2 is 2.27 bits per heavy atom. The summed E-state index contributed by atoms with van der Waals surface area (Å²) in [6.07, 6.45) is 7.07. The molecule has 1 fully saturated rings. The molecule has 0 unspecified atom stereocenters. The van der Waals surface area contributed by atoms with Gasteiger partial charge in [0.15, 0.2) is 0 Å². The zero-order chi connectivity index (χ0) is 10.9. The molecule has 1 aliphatic rings. The molecule has 0 aromatic rings. The zero-order valence-electron chi connectivity index (χ0n) is 9.85. The summed E-state index contributed by atoms with van der Waals surface area (Å²) in [5, 5.41) is 6.30. The summed E-state index contributed by atoms with van der Waals surface area (Å²) in [7, 11) is 0. The summed E-state index contributed by atoms with van der Waals surface area (Å²) in [6.45, 7) is 4.99. The number of carbonyl (C=O) groups excluding carboxylic acids is 1. The summed E-state index contributed by atoms with van der Waals surface area (Å²) in [6, 6.07) is 0. The van der Waals surface area contributed by atoms with Crippen LogP contribution in [0.3, 0.4) is 0 Å². The molecule has 1 aliphatic heterocycles. The lowest BCUT2D eigenvalue weighted by Crippen LogP contribution is -2.40. The standard InChI is InChI=1S/C12H24N2O/c1-2-3-4-5-9-14-12(15)11-7-6-8-13-10-11/h11,13H,2-10H2,1H3,(H,14,15)/t11-/m0/s1. The fourth-order valence-corrected chi connectivity index (χ4v) is 1.98. The second-order valence-corrected chi connectivity index (χ2v) is 4.39. The lowest BCUT2D eigenvalue weighted by molar-refractivity contribution is -0.125. The van der Waals surface area contributed by atoms with Crippen LogP contribution in [-0.2, 0) is 4.79 Å². The van der Waals surface area contributed by atoms with Crippen LogP contribution in [0.1, 0.15) is 45.4 Å². The van der Waals surface area contributed by atoms with Gasteiger partial charge in [-0.25, -0.2) is 0 Å². The van der Waals surface area contributed by atoms with Crippen LogP contribution in [0.25, 0.3) is 0 Å². The third-order valence-electron chi connectivity index (χ3n) is 3.00. The minimum absolute atomic E-state index is 0.213. The average Bonchev–Trinajstić information content (AvgIpc) is 2.30. The maximum absolute atomic E-state index is 11.7. The molecule has 1 amide bonds. The van der Waals surface area contributed by atoms with Crippen LogP contribution in [0.5, 0.6) is 0 Å². The molecular weight excluding hydrogens is 188 g/mol. The number of nitrogens with one attached hydrogen (secondary N) is 2. The molecule has 1 saturated heterocycles. The van der Waals surface area contributed by atoms with Crippen LogP contribution in [0, 0.1) is 5.92 Å². The molecule has 15 heavy (non-hydrogen) atoms. The monoisotopic (exact) mass is 212 g/mol. The summed E-state index contributed by atoms with van der Waals surface area (Å²) in [4.78, 5) is 11.7. The maximum Gasteiger partial charge on any atom is 0.224 e. The summed E-state index contributed by atoms with van der Waals surface area (Å²) < 4.78 is 0. The van der Waals surface area contributed by atoms with Crippen molar-refractivity contribution in [2.45, 2.75) is 45.4 Å². The highest BCUT2D eigenvalue weighted by atomic mass is 16.1. The van der Waals surface area contributed by atoms with E-state index in [-0.39, 0.29) is 11.8 Å². The fraction of sp³-hybridized carbons (Fsp3) is 0.917. The second kappa shape index (κ2) is 7.69. The minimum Gasteiger partial charge on any atom is -0.356 e. The van der Waals surface area contributed by atoms with Crippen LogP contribution < -0.4 is 10.6 Å². The number of hydrogen-bond acceptors (Lipinski definition) is 2. The Bertz CT molecular complexity index is 176. The van der Waals surface area contributed by atoms with Gasteiger partial charge >= 0.3 is 0 Å². The SMILES string of the molecule is CCCCCCNC(=O)[C@H]1CCCNC1. The Kier molecular flexibility index (Phi) is 6.41. The van der Waals surface area contributed by atoms with Crippen LogP contribution in [0.15, 0.2) is 0 Å². The molecule has 3 heteroatoms. The molecule has 0 aromatic heterocycles. The third-order valence-corrected chi connectivity index (χ3v) is 3.00. The summed E-state index contributed by atoms with van der Waals surface area (Å²) in [5.41, 5.74) is 0. The number of unbranched alkanes of at least 4 members (excludes halogenated alkanes) is 3. The van der Waals surface area contributed by atoms with Crippen LogP contribution >= 0.6 is 0 Å². The molecule has 0 aliphatic carbocycles. The van der Waals surface area contributed by atoms with Crippen molar-refractivity contribution in [2.24, 2.45) is 5.92 Å². The van der Waals surface area contributed by atoms with Crippen LogP contribution in [-0.4, -0.2) is 25.5 Å². The predicted octanol–water partition coefficient (Wildman–Crippen LogP) is 1.68. The lowest BCUT2D eigenvalue weighted by Gasteiger charge is -2.21. The predicted molar refractivity (Wildman–Crippen MR) is 62.7 cm³/mol. The zero-order valence-corrected chi connectivity index (χ0v) is 9.85. The van der Waals surface area contributed by atoms with Gasteiger partial charge in [0, 0.05) is 13.1 Å². The topological polar surface area (TPSA) is 41.1 Å². The molecule has 0 radical (unpaired) electrons. The van der Waals surface area contributed by atoms with Gasteiger partial charge in [-0.05, 0) is 25.8 Å². The number of amides is 1. The van der Waals surface area contributed by atoms with Gasteiger partial charge in [0.1, 0.15) is 0 Å². The molecule has 0 saturated carbocycles. The fourth-order valence-electron chi connectivity index (χ4n) is 1.98. The van der Waals surface area contributed by atoms with Gasteiger partial charge in [0.2, 0.25) is 5.91 Å². The van der Waals surface area contributed by atoms with Crippen LogP contribution in [0.4, 0.5) is 0 Å². The molecular formula is C12H24N2O. The van der Waals surface area contributed by atoms with E-state index in [4.69, 9.17) is 0 Å².